The van der Waals surface area contributed by atoms with E-state index in [-0.39, 0.29) is 0 Å². The third-order valence-electron chi connectivity index (χ3n) is 5.21. The first-order valence-electron chi connectivity index (χ1n) is 7.66. The monoisotopic (exact) mass is 247 g/mol. The van der Waals surface area contributed by atoms with E-state index in [2.05, 4.69) is 6.07 Å². The van der Waals surface area contributed by atoms with Gasteiger partial charge in [0.1, 0.15) is 6.29 Å². The van der Waals surface area contributed by atoms with Gasteiger partial charge in [0.25, 0.3) is 0 Å². The molecule has 2 aliphatic rings. The molecule has 2 fully saturated rings. The molecule has 0 aliphatic heterocycles. The van der Waals surface area contributed by atoms with Crippen LogP contribution in [0, 0.1) is 35.0 Å². The lowest BCUT2D eigenvalue weighted by molar-refractivity contribution is -0.108. The van der Waals surface area contributed by atoms with E-state index in [0.29, 0.717) is 5.92 Å². The van der Waals surface area contributed by atoms with E-state index in [1.54, 1.807) is 0 Å². The second-order valence-corrected chi connectivity index (χ2v) is 6.27. The fraction of sp³-hybridized carbons (Fsp3) is 0.875. The van der Waals surface area contributed by atoms with Gasteiger partial charge >= 0.3 is 0 Å². The van der Waals surface area contributed by atoms with Crippen LogP contribution in [0.15, 0.2) is 0 Å². The molecule has 18 heavy (non-hydrogen) atoms. The van der Waals surface area contributed by atoms with Gasteiger partial charge in [-0.2, -0.15) is 5.26 Å². The van der Waals surface area contributed by atoms with Crippen molar-refractivity contribution in [1.29, 1.82) is 5.26 Å². The van der Waals surface area contributed by atoms with Crippen molar-refractivity contribution >= 4 is 6.29 Å². The number of carbonyl (C=O) groups is 1. The first kappa shape index (κ1) is 13.6. The molecule has 0 N–H and O–H groups in total. The van der Waals surface area contributed by atoms with Gasteiger partial charge in [-0.1, -0.05) is 12.8 Å². The summed E-state index contributed by atoms with van der Waals surface area (Å²) in [6, 6.07) is 2.42. The number of hydrogen-bond donors (Lipinski definition) is 0. The lowest BCUT2D eigenvalue weighted by Crippen LogP contribution is -2.25. The second kappa shape index (κ2) is 6.92. The van der Waals surface area contributed by atoms with Crippen molar-refractivity contribution in [1.82, 2.24) is 0 Å². The summed E-state index contributed by atoms with van der Waals surface area (Å²) >= 11 is 0. The Morgan fingerprint density at radius 3 is 2.00 bits per heavy atom. The van der Waals surface area contributed by atoms with Crippen LogP contribution in [0.5, 0.6) is 0 Å². The molecule has 0 aromatic carbocycles. The van der Waals surface area contributed by atoms with Gasteiger partial charge in [-0.3, -0.25) is 0 Å². The van der Waals surface area contributed by atoms with Gasteiger partial charge in [-0.15, -0.1) is 0 Å². The molecular weight excluding hydrogens is 222 g/mol. The summed E-state index contributed by atoms with van der Waals surface area (Å²) in [5.74, 6) is 2.95. The van der Waals surface area contributed by atoms with E-state index >= 15 is 0 Å². The van der Waals surface area contributed by atoms with Gasteiger partial charge < -0.3 is 4.79 Å². The zero-order chi connectivity index (χ0) is 12.8. The standard InChI is InChI=1S/C16H25NO/c17-12-14-5-9-16(10-6-14)15-7-3-13(4-8-15)2-1-11-18/h11,13-16H,1-10H2/t13-,14-,15-,16-. The van der Waals surface area contributed by atoms with Gasteiger partial charge in [-0.05, 0) is 62.7 Å². The van der Waals surface area contributed by atoms with Crippen LogP contribution in [0.4, 0.5) is 0 Å². The van der Waals surface area contributed by atoms with Crippen molar-refractivity contribution in [3.63, 3.8) is 0 Å². The molecule has 0 bridgehead atoms. The average molecular weight is 247 g/mol. The second-order valence-electron chi connectivity index (χ2n) is 6.27. The van der Waals surface area contributed by atoms with E-state index in [0.717, 1.165) is 49.7 Å². The average Bonchev–Trinajstić information content (AvgIpc) is 2.46. The topological polar surface area (TPSA) is 40.9 Å². The summed E-state index contributed by atoms with van der Waals surface area (Å²) in [5.41, 5.74) is 0. The minimum atomic E-state index is 0.338. The van der Waals surface area contributed by atoms with Crippen LogP contribution in [-0.2, 0) is 4.79 Å². The molecule has 0 heterocycles. The maximum atomic E-state index is 10.4. The number of nitriles is 1. The zero-order valence-corrected chi connectivity index (χ0v) is 11.3. The van der Waals surface area contributed by atoms with Crippen molar-refractivity contribution in [3.05, 3.63) is 0 Å². The normalized spacial score (nSPS) is 36.8. The molecular formula is C16H25NO. The summed E-state index contributed by atoms with van der Waals surface area (Å²) in [6.07, 6.45) is 13.1. The van der Waals surface area contributed by atoms with Gasteiger partial charge in [0, 0.05) is 12.3 Å². The third-order valence-corrected chi connectivity index (χ3v) is 5.21. The smallest absolute Gasteiger partial charge is 0.120 e. The Bertz CT molecular complexity index is 291. The summed E-state index contributed by atoms with van der Waals surface area (Å²) in [4.78, 5) is 10.4. The molecule has 0 aromatic rings. The van der Waals surface area contributed by atoms with E-state index < -0.39 is 0 Å². The molecule has 100 valence electrons. The number of hydrogen-bond acceptors (Lipinski definition) is 2. The number of rotatable bonds is 4. The summed E-state index contributed by atoms with van der Waals surface area (Å²) in [5, 5.41) is 8.93. The minimum absolute atomic E-state index is 0.338. The van der Waals surface area contributed by atoms with Crippen LogP contribution in [0.3, 0.4) is 0 Å². The Labute approximate surface area is 111 Å². The van der Waals surface area contributed by atoms with Crippen LogP contribution in [-0.4, -0.2) is 6.29 Å². The van der Waals surface area contributed by atoms with Gasteiger partial charge in [0.05, 0.1) is 6.07 Å². The molecule has 2 saturated carbocycles. The first-order chi connectivity index (χ1) is 8.83. The fourth-order valence-corrected chi connectivity index (χ4v) is 3.97. The molecule has 2 nitrogen and oxygen atoms in total. The van der Waals surface area contributed by atoms with E-state index in [9.17, 15) is 4.79 Å². The highest BCUT2D eigenvalue weighted by Crippen LogP contribution is 2.41. The minimum Gasteiger partial charge on any atom is -0.303 e. The summed E-state index contributed by atoms with van der Waals surface area (Å²) in [7, 11) is 0. The predicted molar refractivity (Wildman–Crippen MR) is 71.8 cm³/mol. The molecule has 0 aromatic heterocycles. The highest BCUT2D eigenvalue weighted by molar-refractivity contribution is 5.49. The summed E-state index contributed by atoms with van der Waals surface area (Å²) < 4.78 is 0. The molecule has 0 atom stereocenters. The highest BCUT2D eigenvalue weighted by Gasteiger charge is 2.30. The predicted octanol–water partition coefficient (Wildman–Crippen LogP) is 4.10. The number of carbonyl (C=O) groups excluding carboxylic acids is 1. The third kappa shape index (κ3) is 3.57. The van der Waals surface area contributed by atoms with Gasteiger partial charge in [0.15, 0.2) is 0 Å². The largest absolute Gasteiger partial charge is 0.303 e. The van der Waals surface area contributed by atoms with Crippen LogP contribution in [0.1, 0.15) is 64.2 Å². The Hall–Kier alpha value is -0.840. The lowest BCUT2D eigenvalue weighted by atomic mass is 9.69. The molecule has 0 amide bonds. The van der Waals surface area contributed by atoms with Crippen molar-refractivity contribution in [2.24, 2.45) is 23.7 Å². The van der Waals surface area contributed by atoms with Gasteiger partial charge in [-0.25, -0.2) is 0 Å². The zero-order valence-electron chi connectivity index (χ0n) is 11.3. The molecule has 0 radical (unpaired) electrons. The maximum Gasteiger partial charge on any atom is 0.120 e. The molecule has 2 rings (SSSR count). The Kier molecular flexibility index (Phi) is 5.23. The molecule has 0 spiro atoms. The SMILES string of the molecule is N#C[C@H]1CC[C@H]([C@H]2CC[C@H](CCC=O)CC2)CC1. The van der Waals surface area contributed by atoms with Crippen molar-refractivity contribution in [3.8, 4) is 6.07 Å². The molecule has 0 unspecified atom stereocenters. The molecule has 2 heteroatoms. The van der Waals surface area contributed by atoms with Crippen molar-refractivity contribution in [2.45, 2.75) is 64.2 Å². The Balaban J connectivity index is 1.70. The fourth-order valence-electron chi connectivity index (χ4n) is 3.97. The van der Waals surface area contributed by atoms with Crippen molar-refractivity contribution < 1.29 is 4.79 Å². The van der Waals surface area contributed by atoms with E-state index in [1.165, 1.54) is 38.5 Å². The highest BCUT2D eigenvalue weighted by atomic mass is 16.1. The van der Waals surface area contributed by atoms with Gasteiger partial charge in [0.2, 0.25) is 0 Å². The van der Waals surface area contributed by atoms with E-state index in [4.69, 9.17) is 5.26 Å². The lowest BCUT2D eigenvalue weighted by Gasteiger charge is -2.36. The number of nitrogens with zero attached hydrogens (tertiary/aromatic N) is 1. The van der Waals surface area contributed by atoms with Crippen LogP contribution < -0.4 is 0 Å². The summed E-state index contributed by atoms with van der Waals surface area (Å²) in [6.45, 7) is 0. The van der Waals surface area contributed by atoms with Crippen LogP contribution in [0.2, 0.25) is 0 Å². The Morgan fingerprint density at radius 1 is 0.944 bits per heavy atom. The van der Waals surface area contributed by atoms with Crippen LogP contribution in [0.25, 0.3) is 0 Å². The van der Waals surface area contributed by atoms with Crippen LogP contribution >= 0.6 is 0 Å². The Morgan fingerprint density at radius 2 is 1.50 bits per heavy atom. The number of aldehydes is 1. The molecule has 2 aliphatic carbocycles. The van der Waals surface area contributed by atoms with E-state index in [1.807, 2.05) is 0 Å². The quantitative estimate of drug-likeness (QED) is 0.702. The molecule has 0 saturated heterocycles. The van der Waals surface area contributed by atoms with Crippen molar-refractivity contribution in [2.75, 3.05) is 0 Å². The first-order valence-corrected chi connectivity index (χ1v) is 7.66. The maximum absolute atomic E-state index is 10.4.